The van der Waals surface area contributed by atoms with Gasteiger partial charge in [0.25, 0.3) is 5.91 Å². The molecule has 0 aromatic heterocycles. The van der Waals surface area contributed by atoms with Crippen LogP contribution < -0.4 is 10.6 Å². The van der Waals surface area contributed by atoms with Gasteiger partial charge in [-0.1, -0.05) is 25.5 Å². The Morgan fingerprint density at radius 2 is 1.93 bits per heavy atom. The van der Waals surface area contributed by atoms with Crippen molar-refractivity contribution in [2.24, 2.45) is 10.9 Å². The van der Waals surface area contributed by atoms with E-state index in [1.807, 2.05) is 18.2 Å². The van der Waals surface area contributed by atoms with E-state index in [-0.39, 0.29) is 29.9 Å². The summed E-state index contributed by atoms with van der Waals surface area (Å²) in [5.74, 6) is 1.46. The first kappa shape index (κ1) is 25.7. The van der Waals surface area contributed by atoms with Crippen molar-refractivity contribution in [2.45, 2.75) is 32.6 Å². The number of hydrogen-bond donors (Lipinski definition) is 2. The van der Waals surface area contributed by atoms with E-state index in [0.717, 1.165) is 43.1 Å². The minimum atomic E-state index is 0. The smallest absolute Gasteiger partial charge is 0.253 e. The second-order valence-corrected chi connectivity index (χ2v) is 8.00. The van der Waals surface area contributed by atoms with E-state index in [9.17, 15) is 4.79 Å². The predicted molar refractivity (Wildman–Crippen MR) is 132 cm³/mol. The number of guanidine groups is 1. The molecule has 2 N–H and O–H groups in total. The summed E-state index contributed by atoms with van der Waals surface area (Å²) < 4.78 is 0. The number of likely N-dealkylation sites (tertiary alicyclic amines) is 1. The Balaban J connectivity index is 0.00000420. The van der Waals surface area contributed by atoms with Crippen LogP contribution >= 0.6 is 24.0 Å². The minimum absolute atomic E-state index is 0. The van der Waals surface area contributed by atoms with Crippen molar-refractivity contribution in [3.05, 3.63) is 35.4 Å². The molecule has 0 aliphatic carbocycles. The molecule has 1 aromatic rings. The summed E-state index contributed by atoms with van der Waals surface area (Å²) in [6.45, 7) is 7.63. The molecular weight excluding hydrogens is 477 g/mol. The molecule has 1 atom stereocenters. The van der Waals surface area contributed by atoms with Gasteiger partial charge in [-0.25, -0.2) is 0 Å². The number of benzene rings is 1. The molecule has 2 rings (SSSR count). The van der Waals surface area contributed by atoms with Crippen molar-refractivity contribution >= 4 is 35.8 Å². The second-order valence-electron chi connectivity index (χ2n) is 8.00. The molecule has 0 bridgehead atoms. The van der Waals surface area contributed by atoms with Crippen molar-refractivity contribution in [3.8, 4) is 0 Å². The molecule has 1 unspecified atom stereocenters. The lowest BCUT2D eigenvalue weighted by Crippen LogP contribution is -2.43. The van der Waals surface area contributed by atoms with Gasteiger partial charge in [-0.05, 0) is 56.0 Å². The minimum Gasteiger partial charge on any atom is -0.356 e. The van der Waals surface area contributed by atoms with Crippen molar-refractivity contribution in [3.63, 3.8) is 0 Å². The van der Waals surface area contributed by atoms with Gasteiger partial charge in [0.05, 0.1) is 0 Å². The number of nitrogens with zero attached hydrogens (tertiary/aromatic N) is 3. The van der Waals surface area contributed by atoms with Crippen molar-refractivity contribution in [2.75, 3.05) is 53.9 Å². The number of halogens is 1. The van der Waals surface area contributed by atoms with E-state index in [4.69, 9.17) is 0 Å². The fraction of sp³-hybridized carbons (Fsp3) is 0.636. The lowest BCUT2D eigenvalue weighted by Gasteiger charge is -2.29. The van der Waals surface area contributed by atoms with Gasteiger partial charge in [0.2, 0.25) is 0 Å². The van der Waals surface area contributed by atoms with Crippen molar-refractivity contribution in [1.29, 1.82) is 0 Å². The van der Waals surface area contributed by atoms with Gasteiger partial charge in [-0.2, -0.15) is 0 Å². The first-order valence-corrected chi connectivity index (χ1v) is 10.5. The maximum atomic E-state index is 12.1. The molecule has 1 fully saturated rings. The van der Waals surface area contributed by atoms with Gasteiger partial charge < -0.3 is 20.4 Å². The highest BCUT2D eigenvalue weighted by Gasteiger charge is 2.13. The number of aliphatic imine (C=N–C) groups is 1. The molecule has 1 aliphatic rings. The Kier molecular flexibility index (Phi) is 12.2. The number of rotatable bonds is 8. The van der Waals surface area contributed by atoms with Gasteiger partial charge >= 0.3 is 0 Å². The number of carbonyl (C=O) groups is 1. The summed E-state index contributed by atoms with van der Waals surface area (Å²) in [5.41, 5.74) is 1.88. The number of amides is 1. The molecule has 1 amide bonds. The lowest BCUT2D eigenvalue weighted by molar-refractivity contribution is 0.0827. The van der Waals surface area contributed by atoms with Crippen molar-refractivity contribution in [1.82, 2.24) is 20.4 Å². The van der Waals surface area contributed by atoms with Gasteiger partial charge in [0.1, 0.15) is 0 Å². The summed E-state index contributed by atoms with van der Waals surface area (Å²) in [7, 11) is 5.36. The van der Waals surface area contributed by atoms with Crippen LogP contribution in [-0.4, -0.2) is 75.5 Å². The molecule has 1 aliphatic heterocycles. The van der Waals surface area contributed by atoms with Crippen LogP contribution in [0.15, 0.2) is 29.3 Å². The summed E-state index contributed by atoms with van der Waals surface area (Å²) in [4.78, 5) is 20.6. The summed E-state index contributed by atoms with van der Waals surface area (Å²) in [6.07, 6.45) is 4.90. The van der Waals surface area contributed by atoms with Crippen LogP contribution in [0.5, 0.6) is 0 Å². The van der Waals surface area contributed by atoms with Crippen LogP contribution in [0.2, 0.25) is 0 Å². The van der Waals surface area contributed by atoms with Gasteiger partial charge in [-0.15, -0.1) is 24.0 Å². The third-order valence-electron chi connectivity index (χ3n) is 5.15. The zero-order valence-corrected chi connectivity index (χ0v) is 20.7. The van der Waals surface area contributed by atoms with Crippen LogP contribution in [0.4, 0.5) is 0 Å². The van der Waals surface area contributed by atoms with Gasteiger partial charge in [0, 0.05) is 46.3 Å². The van der Waals surface area contributed by atoms with E-state index in [0.29, 0.717) is 5.92 Å². The quantitative estimate of drug-likeness (QED) is 0.318. The molecule has 1 heterocycles. The standard InChI is InChI=1S/C22H37N5O.HI/c1-18(17-27-13-6-5-7-14-27)16-25-22(23-2)24-12-11-19-9-8-10-20(15-19)21(28)26(3)4;/h8-10,15,18H,5-7,11-14,16-17H2,1-4H3,(H2,23,24,25);1H. The molecule has 164 valence electrons. The zero-order chi connectivity index (χ0) is 20.4. The van der Waals surface area contributed by atoms with Crippen LogP contribution in [0, 0.1) is 5.92 Å². The highest BCUT2D eigenvalue weighted by molar-refractivity contribution is 14.0. The monoisotopic (exact) mass is 515 g/mol. The molecular formula is C22H38IN5O. The summed E-state index contributed by atoms with van der Waals surface area (Å²) in [6, 6.07) is 7.84. The summed E-state index contributed by atoms with van der Waals surface area (Å²) >= 11 is 0. The molecule has 29 heavy (non-hydrogen) atoms. The number of carbonyl (C=O) groups excluding carboxylic acids is 1. The molecule has 0 spiro atoms. The zero-order valence-electron chi connectivity index (χ0n) is 18.4. The van der Waals surface area contributed by atoms with Crippen LogP contribution in [-0.2, 0) is 6.42 Å². The highest BCUT2D eigenvalue weighted by Crippen LogP contribution is 2.10. The predicted octanol–water partition coefficient (Wildman–Crippen LogP) is 2.84. The van der Waals surface area contributed by atoms with Gasteiger partial charge in [0.15, 0.2) is 5.96 Å². The first-order valence-electron chi connectivity index (χ1n) is 10.5. The van der Waals surface area contributed by atoms with Crippen LogP contribution in [0.1, 0.15) is 42.1 Å². The molecule has 1 aromatic carbocycles. The maximum Gasteiger partial charge on any atom is 0.253 e. The largest absolute Gasteiger partial charge is 0.356 e. The summed E-state index contributed by atoms with van der Waals surface area (Å²) in [5, 5.41) is 6.82. The molecule has 7 heteroatoms. The highest BCUT2D eigenvalue weighted by atomic mass is 127. The van der Waals surface area contributed by atoms with E-state index in [1.54, 1.807) is 26.0 Å². The topological polar surface area (TPSA) is 60.0 Å². The second kappa shape index (κ2) is 13.8. The Morgan fingerprint density at radius 1 is 1.21 bits per heavy atom. The average Bonchev–Trinajstić information content (AvgIpc) is 2.70. The number of nitrogens with one attached hydrogen (secondary N) is 2. The lowest BCUT2D eigenvalue weighted by atomic mass is 10.1. The fourth-order valence-corrected chi connectivity index (χ4v) is 3.58. The first-order chi connectivity index (χ1) is 13.5. The Bertz CT molecular complexity index is 644. The normalized spacial score (nSPS) is 15.9. The SMILES string of the molecule is CN=C(NCCc1cccc(C(=O)N(C)C)c1)NCC(C)CN1CCCCC1.I. The third-order valence-corrected chi connectivity index (χ3v) is 5.15. The van der Waals surface area contributed by atoms with Crippen molar-refractivity contribution < 1.29 is 4.79 Å². The van der Waals surface area contributed by atoms with Crippen LogP contribution in [0.25, 0.3) is 0 Å². The Labute approximate surface area is 193 Å². The molecule has 0 radical (unpaired) electrons. The molecule has 1 saturated heterocycles. The van der Waals surface area contributed by atoms with Crippen LogP contribution in [0.3, 0.4) is 0 Å². The van der Waals surface area contributed by atoms with E-state index in [2.05, 4.69) is 33.5 Å². The van der Waals surface area contributed by atoms with Gasteiger partial charge in [-0.3, -0.25) is 9.79 Å². The van der Waals surface area contributed by atoms with E-state index in [1.165, 1.54) is 32.4 Å². The Morgan fingerprint density at radius 3 is 2.59 bits per heavy atom. The number of piperidine rings is 1. The van der Waals surface area contributed by atoms with E-state index >= 15 is 0 Å². The van der Waals surface area contributed by atoms with E-state index < -0.39 is 0 Å². The average molecular weight is 515 g/mol. The fourth-order valence-electron chi connectivity index (χ4n) is 3.58. The third kappa shape index (κ3) is 9.33. The number of hydrogen-bond acceptors (Lipinski definition) is 3. The Hall–Kier alpha value is -1.35. The maximum absolute atomic E-state index is 12.1. The molecule has 0 saturated carbocycles. The molecule has 6 nitrogen and oxygen atoms in total.